The number of ether oxygens (including phenoxy) is 1. The van der Waals surface area contributed by atoms with Crippen molar-refractivity contribution in [1.82, 2.24) is 9.88 Å². The van der Waals surface area contributed by atoms with Crippen LogP contribution in [0.15, 0.2) is 65.6 Å². The van der Waals surface area contributed by atoms with E-state index in [-0.39, 0.29) is 29.0 Å². The van der Waals surface area contributed by atoms with E-state index in [0.29, 0.717) is 27.3 Å². The molecule has 0 unspecified atom stereocenters. The minimum Gasteiger partial charge on any atom is -0.481 e. The van der Waals surface area contributed by atoms with Gasteiger partial charge in [0.25, 0.3) is 5.56 Å². The molecule has 0 fully saturated rings. The van der Waals surface area contributed by atoms with Gasteiger partial charge in [-0.05, 0) is 79.4 Å². The molecule has 1 aliphatic heterocycles. The van der Waals surface area contributed by atoms with E-state index in [4.69, 9.17) is 4.74 Å². The van der Waals surface area contributed by atoms with Gasteiger partial charge in [0.05, 0.1) is 18.0 Å². The fraction of sp³-hybridized carbons (Fsp3) is 0.242. The summed E-state index contributed by atoms with van der Waals surface area (Å²) in [6.07, 6.45) is -5.31. The molecule has 2 N–H and O–H groups in total. The average Bonchev–Trinajstić information content (AvgIpc) is 2.96. The number of hydrogen-bond donors (Lipinski definition) is 2. The molecule has 12 heteroatoms. The number of carbonyl (C=O) groups is 2. The lowest BCUT2D eigenvalue weighted by atomic mass is 9.92. The Morgan fingerprint density at radius 2 is 1.73 bits per heavy atom. The van der Waals surface area contributed by atoms with E-state index < -0.39 is 70.4 Å². The molecular formula is C33H27F5N2O5. The van der Waals surface area contributed by atoms with Gasteiger partial charge in [0.15, 0.2) is 0 Å². The Balaban J connectivity index is 1.84. The summed E-state index contributed by atoms with van der Waals surface area (Å²) in [5.74, 6) is -4.06. The molecule has 0 spiro atoms. The molecule has 0 radical (unpaired) electrons. The van der Waals surface area contributed by atoms with Gasteiger partial charge in [0.2, 0.25) is 5.91 Å². The highest BCUT2D eigenvalue weighted by Crippen LogP contribution is 2.40. The third kappa shape index (κ3) is 5.92. The standard InChI is InChI=1S/C33H27F5N2O5/c1-4-20-23(33(36,37)38)10-11-40(32(20)44)30-21-14-19(8-9-24(21)34)45-26-7-5-6-16(2)28(26)18-12-17(3)29(35)22(13-18)25(15-27(41)42)39-31(30)43/h5-14,25,30H,4,15H2,1-3H3,(H,39,43)(H,41,42)/t25-,30+/m0/s1. The normalized spacial score (nSPS) is 16.4. The van der Waals surface area contributed by atoms with E-state index in [0.717, 1.165) is 18.3 Å². The molecule has 3 aromatic carbocycles. The van der Waals surface area contributed by atoms with Crippen LogP contribution >= 0.6 is 0 Å². The Labute approximate surface area is 253 Å². The number of pyridine rings is 1. The number of amides is 1. The van der Waals surface area contributed by atoms with E-state index in [1.54, 1.807) is 31.2 Å². The number of aliphatic carboxylic acids is 1. The van der Waals surface area contributed by atoms with Gasteiger partial charge in [-0.3, -0.25) is 19.0 Å². The fourth-order valence-corrected chi connectivity index (χ4v) is 5.70. The Hall–Kier alpha value is -5.00. The first-order chi connectivity index (χ1) is 21.2. The molecule has 45 heavy (non-hydrogen) atoms. The number of benzene rings is 3. The second-order valence-corrected chi connectivity index (χ2v) is 10.8. The van der Waals surface area contributed by atoms with Gasteiger partial charge in [-0.15, -0.1) is 0 Å². The van der Waals surface area contributed by atoms with Gasteiger partial charge < -0.3 is 15.2 Å². The molecule has 1 aromatic heterocycles. The third-order valence-corrected chi connectivity index (χ3v) is 7.77. The van der Waals surface area contributed by atoms with Crippen molar-refractivity contribution in [2.45, 2.75) is 51.9 Å². The Bertz CT molecular complexity index is 1900. The number of carboxylic acid groups (broad SMARTS) is 1. The number of carboxylic acids is 1. The van der Waals surface area contributed by atoms with E-state index in [1.807, 2.05) is 0 Å². The van der Waals surface area contributed by atoms with Gasteiger partial charge >= 0.3 is 12.1 Å². The number of aryl methyl sites for hydroxylation is 2. The van der Waals surface area contributed by atoms with E-state index in [9.17, 15) is 32.7 Å². The van der Waals surface area contributed by atoms with Crippen molar-refractivity contribution in [1.29, 1.82) is 0 Å². The van der Waals surface area contributed by atoms with Crippen molar-refractivity contribution in [3.63, 3.8) is 0 Å². The molecule has 4 aromatic rings. The first-order valence-corrected chi connectivity index (χ1v) is 13.9. The predicted molar refractivity (Wildman–Crippen MR) is 154 cm³/mol. The molecule has 5 rings (SSSR count). The molecule has 0 aliphatic carbocycles. The van der Waals surface area contributed by atoms with Crippen molar-refractivity contribution < 1.29 is 41.4 Å². The van der Waals surface area contributed by atoms with Crippen LogP contribution in [0.4, 0.5) is 22.0 Å². The monoisotopic (exact) mass is 626 g/mol. The van der Waals surface area contributed by atoms with Crippen LogP contribution in [0.5, 0.6) is 11.5 Å². The highest BCUT2D eigenvalue weighted by atomic mass is 19.4. The van der Waals surface area contributed by atoms with Crippen LogP contribution in [0.3, 0.4) is 0 Å². The summed E-state index contributed by atoms with van der Waals surface area (Å²) in [6, 6.07) is 8.59. The topological polar surface area (TPSA) is 97.6 Å². The summed E-state index contributed by atoms with van der Waals surface area (Å²) in [6.45, 7) is 4.58. The summed E-state index contributed by atoms with van der Waals surface area (Å²) in [7, 11) is 0. The zero-order valence-electron chi connectivity index (χ0n) is 24.3. The van der Waals surface area contributed by atoms with Crippen molar-refractivity contribution in [2.24, 2.45) is 0 Å². The lowest BCUT2D eigenvalue weighted by molar-refractivity contribution is -0.139. The van der Waals surface area contributed by atoms with Crippen molar-refractivity contribution in [2.75, 3.05) is 0 Å². The number of nitrogens with one attached hydrogen (secondary N) is 1. The Morgan fingerprint density at radius 1 is 1.00 bits per heavy atom. The molecule has 1 aliphatic rings. The summed E-state index contributed by atoms with van der Waals surface area (Å²) in [5, 5.41) is 12.2. The van der Waals surface area contributed by atoms with Gasteiger partial charge in [-0.1, -0.05) is 19.1 Å². The van der Waals surface area contributed by atoms with Gasteiger partial charge in [0, 0.05) is 28.5 Å². The number of halogens is 5. The lowest BCUT2D eigenvalue weighted by Crippen LogP contribution is -2.41. The molecule has 2 atom stereocenters. The summed E-state index contributed by atoms with van der Waals surface area (Å²) < 4.78 is 79.3. The number of fused-ring (bicyclic) bond motifs is 6. The van der Waals surface area contributed by atoms with E-state index >= 15 is 8.78 Å². The second-order valence-electron chi connectivity index (χ2n) is 10.8. The minimum atomic E-state index is -4.88. The van der Waals surface area contributed by atoms with E-state index in [2.05, 4.69) is 5.32 Å². The van der Waals surface area contributed by atoms with Crippen LogP contribution < -0.4 is 15.6 Å². The number of rotatable bonds is 4. The van der Waals surface area contributed by atoms with Gasteiger partial charge in [-0.2, -0.15) is 13.2 Å². The molecule has 7 nitrogen and oxygen atoms in total. The molecular weight excluding hydrogens is 599 g/mol. The summed E-state index contributed by atoms with van der Waals surface area (Å²) in [4.78, 5) is 39.5. The number of hydrogen-bond acceptors (Lipinski definition) is 4. The molecule has 234 valence electrons. The number of alkyl halides is 3. The van der Waals surface area contributed by atoms with Crippen LogP contribution in [0.2, 0.25) is 0 Å². The van der Waals surface area contributed by atoms with Crippen molar-refractivity contribution >= 4 is 11.9 Å². The summed E-state index contributed by atoms with van der Waals surface area (Å²) >= 11 is 0. The smallest absolute Gasteiger partial charge is 0.416 e. The highest BCUT2D eigenvalue weighted by molar-refractivity contribution is 5.85. The molecule has 4 bridgehead atoms. The maximum Gasteiger partial charge on any atom is 0.416 e. The first-order valence-electron chi connectivity index (χ1n) is 13.9. The number of carbonyl (C=O) groups excluding carboxylic acids is 1. The van der Waals surface area contributed by atoms with Crippen LogP contribution in [0.25, 0.3) is 11.1 Å². The average molecular weight is 627 g/mol. The maximum absolute atomic E-state index is 15.7. The van der Waals surface area contributed by atoms with Crippen LogP contribution in [-0.4, -0.2) is 21.6 Å². The Morgan fingerprint density at radius 3 is 2.40 bits per heavy atom. The number of nitrogens with zero attached hydrogens (tertiary/aromatic N) is 1. The molecule has 1 amide bonds. The highest BCUT2D eigenvalue weighted by Gasteiger charge is 2.37. The number of aromatic nitrogens is 1. The van der Waals surface area contributed by atoms with Gasteiger partial charge in [-0.25, -0.2) is 8.78 Å². The Kier molecular flexibility index (Phi) is 8.26. The SMILES string of the molecule is CCc1c(C(F)(F)F)ccn([C@H]2C(=O)N[C@@H](CC(=O)O)c3cc(cc(C)c3F)-c3c(C)cccc3Oc3ccc(F)c2c3)c1=O. The third-order valence-electron chi connectivity index (χ3n) is 7.77. The zero-order chi connectivity index (χ0) is 32.8. The fourth-order valence-electron chi connectivity index (χ4n) is 5.70. The lowest BCUT2D eigenvalue weighted by Gasteiger charge is -2.26. The molecule has 2 heterocycles. The second kappa shape index (κ2) is 11.8. The largest absolute Gasteiger partial charge is 0.481 e. The first kappa shape index (κ1) is 31.4. The molecule has 0 saturated carbocycles. The zero-order valence-corrected chi connectivity index (χ0v) is 24.3. The minimum absolute atomic E-state index is 0.0344. The van der Waals surface area contributed by atoms with Gasteiger partial charge in [0.1, 0.15) is 29.2 Å². The van der Waals surface area contributed by atoms with Crippen LogP contribution in [0, 0.1) is 25.5 Å². The van der Waals surface area contributed by atoms with E-state index in [1.165, 1.54) is 26.0 Å². The van der Waals surface area contributed by atoms with Crippen molar-refractivity contribution in [3.05, 3.63) is 116 Å². The molecule has 0 saturated heterocycles. The van der Waals surface area contributed by atoms with Crippen LogP contribution in [-0.2, 0) is 22.2 Å². The van der Waals surface area contributed by atoms with Crippen LogP contribution in [0.1, 0.15) is 58.8 Å². The van der Waals surface area contributed by atoms with Crippen molar-refractivity contribution in [3.8, 4) is 22.6 Å². The quantitative estimate of drug-likeness (QED) is 0.238. The maximum atomic E-state index is 15.7. The summed E-state index contributed by atoms with van der Waals surface area (Å²) in [5.41, 5.74) is -1.90. The predicted octanol–water partition coefficient (Wildman–Crippen LogP) is 7.02.